The summed E-state index contributed by atoms with van der Waals surface area (Å²) in [7, 11) is 0. The van der Waals surface area contributed by atoms with E-state index in [2.05, 4.69) is 12.6 Å². The van der Waals surface area contributed by atoms with Crippen LogP contribution in [0.1, 0.15) is 6.42 Å². The first-order valence-corrected chi connectivity index (χ1v) is 7.75. The van der Waals surface area contributed by atoms with Crippen molar-refractivity contribution in [3.63, 3.8) is 0 Å². The van der Waals surface area contributed by atoms with Crippen LogP contribution in [0.3, 0.4) is 0 Å². The van der Waals surface area contributed by atoms with Crippen molar-refractivity contribution in [3.05, 3.63) is 65.0 Å². The summed E-state index contributed by atoms with van der Waals surface area (Å²) in [6.45, 7) is 0. The fourth-order valence-corrected chi connectivity index (χ4v) is 2.43. The SMILES string of the molecule is O=C(CCS)Oc1ccc2cc(-c3ccccc3)c(=O)oc2c1. The van der Waals surface area contributed by atoms with Crippen LogP contribution in [0.25, 0.3) is 22.1 Å². The van der Waals surface area contributed by atoms with Crippen molar-refractivity contribution in [2.45, 2.75) is 6.42 Å². The van der Waals surface area contributed by atoms with E-state index in [1.54, 1.807) is 24.3 Å². The molecule has 3 aromatic rings. The summed E-state index contributed by atoms with van der Waals surface area (Å²) >= 11 is 3.98. The van der Waals surface area contributed by atoms with Crippen molar-refractivity contribution in [1.82, 2.24) is 0 Å². The zero-order valence-corrected chi connectivity index (χ0v) is 13.1. The van der Waals surface area contributed by atoms with Crippen LogP contribution in [-0.4, -0.2) is 11.7 Å². The number of hydrogen-bond acceptors (Lipinski definition) is 5. The summed E-state index contributed by atoms with van der Waals surface area (Å²) in [5.74, 6) is 0.393. The number of carbonyl (C=O) groups is 1. The summed E-state index contributed by atoms with van der Waals surface area (Å²) in [6, 6.07) is 16.1. The van der Waals surface area contributed by atoms with E-state index in [-0.39, 0.29) is 12.4 Å². The van der Waals surface area contributed by atoms with Crippen molar-refractivity contribution in [1.29, 1.82) is 0 Å². The van der Waals surface area contributed by atoms with Gasteiger partial charge in [0.15, 0.2) is 0 Å². The van der Waals surface area contributed by atoms with Gasteiger partial charge in [-0.25, -0.2) is 4.79 Å². The Bertz CT molecular complexity index is 900. The average Bonchev–Trinajstić information content (AvgIpc) is 2.55. The highest BCUT2D eigenvalue weighted by atomic mass is 32.1. The quantitative estimate of drug-likeness (QED) is 0.344. The average molecular weight is 326 g/mol. The molecule has 0 bridgehead atoms. The molecule has 0 saturated carbocycles. The lowest BCUT2D eigenvalue weighted by molar-refractivity contribution is -0.133. The molecule has 0 aliphatic rings. The maximum Gasteiger partial charge on any atom is 0.344 e. The molecule has 23 heavy (non-hydrogen) atoms. The molecule has 0 spiro atoms. The molecular weight excluding hydrogens is 312 g/mol. The van der Waals surface area contributed by atoms with Crippen molar-refractivity contribution in [3.8, 4) is 16.9 Å². The van der Waals surface area contributed by atoms with E-state index in [0.29, 0.717) is 22.6 Å². The van der Waals surface area contributed by atoms with Crippen molar-refractivity contribution in [2.24, 2.45) is 0 Å². The van der Waals surface area contributed by atoms with E-state index in [1.165, 1.54) is 0 Å². The molecule has 0 radical (unpaired) electrons. The van der Waals surface area contributed by atoms with Crippen LogP contribution in [0, 0.1) is 0 Å². The number of esters is 1. The number of ether oxygens (including phenoxy) is 1. The summed E-state index contributed by atoms with van der Waals surface area (Å²) < 4.78 is 10.5. The predicted molar refractivity (Wildman–Crippen MR) is 92.0 cm³/mol. The molecule has 0 unspecified atom stereocenters. The zero-order chi connectivity index (χ0) is 16.2. The number of fused-ring (bicyclic) bond motifs is 1. The largest absolute Gasteiger partial charge is 0.426 e. The first-order valence-electron chi connectivity index (χ1n) is 7.12. The molecule has 1 heterocycles. The van der Waals surface area contributed by atoms with Crippen molar-refractivity contribution >= 4 is 29.6 Å². The Hall–Kier alpha value is -2.53. The first-order chi connectivity index (χ1) is 11.2. The van der Waals surface area contributed by atoms with E-state index in [0.717, 1.165) is 10.9 Å². The first kappa shape index (κ1) is 15.4. The maximum atomic E-state index is 12.2. The Kier molecular flexibility index (Phi) is 4.48. The van der Waals surface area contributed by atoms with E-state index in [1.807, 2.05) is 30.3 Å². The molecule has 0 fully saturated rings. The third kappa shape index (κ3) is 3.46. The molecule has 5 heteroatoms. The van der Waals surface area contributed by atoms with Crippen LogP contribution in [0.4, 0.5) is 0 Å². The second-order valence-corrected chi connectivity index (χ2v) is 5.41. The Morgan fingerprint density at radius 1 is 1.09 bits per heavy atom. The third-order valence-electron chi connectivity index (χ3n) is 3.34. The highest BCUT2D eigenvalue weighted by Gasteiger charge is 2.10. The summed E-state index contributed by atoms with van der Waals surface area (Å²) in [5, 5.41) is 0.762. The molecule has 1 aromatic heterocycles. The smallest absolute Gasteiger partial charge is 0.344 e. The highest BCUT2D eigenvalue weighted by molar-refractivity contribution is 7.80. The van der Waals surface area contributed by atoms with Gasteiger partial charge in [-0.1, -0.05) is 30.3 Å². The Balaban J connectivity index is 1.99. The molecule has 0 saturated heterocycles. The van der Waals surface area contributed by atoms with Gasteiger partial charge in [-0.05, 0) is 23.8 Å². The van der Waals surface area contributed by atoms with Crippen molar-refractivity contribution < 1.29 is 13.9 Å². The number of hydrogen-bond donors (Lipinski definition) is 1. The van der Waals surface area contributed by atoms with Gasteiger partial charge in [0.1, 0.15) is 11.3 Å². The second kappa shape index (κ2) is 6.71. The molecule has 0 amide bonds. The minimum Gasteiger partial charge on any atom is -0.426 e. The van der Waals surface area contributed by atoms with Gasteiger partial charge in [0.25, 0.3) is 0 Å². The zero-order valence-electron chi connectivity index (χ0n) is 12.2. The summed E-state index contributed by atoms with van der Waals surface area (Å²) in [6.07, 6.45) is 0.220. The summed E-state index contributed by atoms with van der Waals surface area (Å²) in [4.78, 5) is 23.7. The molecule has 116 valence electrons. The predicted octanol–water partition coefficient (Wildman–Crippen LogP) is 3.69. The standard InChI is InChI=1S/C18H14O4S/c19-17(8-9-23)21-14-7-6-13-10-15(12-4-2-1-3-5-12)18(20)22-16(13)11-14/h1-7,10-11,23H,8-9H2. The van der Waals surface area contributed by atoms with Gasteiger partial charge in [0.2, 0.25) is 0 Å². The van der Waals surface area contributed by atoms with Crippen LogP contribution in [-0.2, 0) is 4.79 Å². The van der Waals surface area contributed by atoms with Gasteiger partial charge in [0.05, 0.1) is 12.0 Å². The van der Waals surface area contributed by atoms with Crippen LogP contribution >= 0.6 is 12.6 Å². The normalized spacial score (nSPS) is 10.7. The Morgan fingerprint density at radius 3 is 2.61 bits per heavy atom. The van der Waals surface area contributed by atoms with Crippen LogP contribution in [0.2, 0.25) is 0 Å². The van der Waals surface area contributed by atoms with Crippen LogP contribution in [0.15, 0.2) is 63.8 Å². The molecule has 0 atom stereocenters. The summed E-state index contributed by atoms with van der Waals surface area (Å²) in [5.41, 5.74) is 1.25. The van der Waals surface area contributed by atoms with Gasteiger partial charge in [-0.3, -0.25) is 4.79 Å². The number of thiol groups is 1. The van der Waals surface area contributed by atoms with Crippen molar-refractivity contribution in [2.75, 3.05) is 5.75 Å². The molecule has 0 aliphatic carbocycles. The van der Waals surface area contributed by atoms with Gasteiger partial charge < -0.3 is 9.15 Å². The third-order valence-corrected chi connectivity index (χ3v) is 3.56. The lowest BCUT2D eigenvalue weighted by Gasteiger charge is -2.06. The molecular formula is C18H14O4S. The van der Waals surface area contributed by atoms with Crippen LogP contribution in [0.5, 0.6) is 5.75 Å². The second-order valence-electron chi connectivity index (χ2n) is 4.96. The maximum absolute atomic E-state index is 12.2. The Morgan fingerprint density at radius 2 is 1.87 bits per heavy atom. The molecule has 0 aliphatic heterocycles. The lowest BCUT2D eigenvalue weighted by Crippen LogP contribution is -2.08. The fraction of sp³-hybridized carbons (Fsp3) is 0.111. The minimum absolute atomic E-state index is 0.220. The number of benzene rings is 2. The van der Waals surface area contributed by atoms with E-state index >= 15 is 0 Å². The monoisotopic (exact) mass is 326 g/mol. The van der Waals surface area contributed by atoms with Gasteiger partial charge >= 0.3 is 11.6 Å². The molecule has 0 N–H and O–H groups in total. The lowest BCUT2D eigenvalue weighted by atomic mass is 10.1. The van der Waals surface area contributed by atoms with E-state index in [9.17, 15) is 9.59 Å². The molecule has 4 nitrogen and oxygen atoms in total. The van der Waals surface area contributed by atoms with Gasteiger partial charge in [0, 0.05) is 17.2 Å². The topological polar surface area (TPSA) is 56.5 Å². The number of carbonyl (C=O) groups excluding carboxylic acids is 1. The van der Waals surface area contributed by atoms with E-state index < -0.39 is 5.63 Å². The minimum atomic E-state index is -0.428. The molecule has 3 rings (SSSR count). The van der Waals surface area contributed by atoms with E-state index in [4.69, 9.17) is 9.15 Å². The fourth-order valence-electron chi connectivity index (χ4n) is 2.25. The van der Waals surface area contributed by atoms with Gasteiger partial charge in [-0.2, -0.15) is 12.6 Å². The molecule has 2 aromatic carbocycles. The van der Waals surface area contributed by atoms with Gasteiger partial charge in [-0.15, -0.1) is 0 Å². The van der Waals surface area contributed by atoms with Crippen LogP contribution < -0.4 is 10.4 Å². The highest BCUT2D eigenvalue weighted by Crippen LogP contribution is 2.24. The number of rotatable bonds is 4. The Labute approximate surface area is 138 Å².